The molecule has 2 heterocycles. The molecular weight excluding hydrogens is 290 g/mol. The molecule has 1 aliphatic rings. The summed E-state index contributed by atoms with van der Waals surface area (Å²) in [7, 11) is 0. The van der Waals surface area contributed by atoms with Gasteiger partial charge in [0.05, 0.1) is 5.69 Å². The van der Waals surface area contributed by atoms with Crippen LogP contribution in [0, 0.1) is 12.8 Å². The number of carboxylic acids is 1. The predicted octanol–water partition coefficient (Wildman–Crippen LogP) is 2.73. The maximum atomic E-state index is 12.2. The molecule has 116 valence electrons. The van der Waals surface area contributed by atoms with Crippen molar-refractivity contribution >= 4 is 28.5 Å². The smallest absolute Gasteiger partial charge is 0.323 e. The molecule has 1 unspecified atom stereocenters. The van der Waals surface area contributed by atoms with Gasteiger partial charge in [0.25, 0.3) is 0 Å². The van der Waals surface area contributed by atoms with Crippen molar-refractivity contribution in [1.82, 2.24) is 9.88 Å². The maximum absolute atomic E-state index is 12.2. The fourth-order valence-electron chi connectivity index (χ4n) is 2.64. The lowest BCUT2D eigenvalue weighted by atomic mass is 9.95. The van der Waals surface area contributed by atoms with Crippen LogP contribution in [0.25, 0.3) is 0 Å². The van der Waals surface area contributed by atoms with Crippen LogP contribution in [-0.4, -0.2) is 40.1 Å². The number of thiazole rings is 1. The first-order chi connectivity index (χ1) is 9.99. The van der Waals surface area contributed by atoms with E-state index in [1.807, 2.05) is 13.8 Å². The molecule has 0 radical (unpaired) electrons. The number of anilines is 1. The second-order valence-corrected chi connectivity index (χ2v) is 6.56. The Morgan fingerprint density at radius 1 is 1.52 bits per heavy atom. The molecule has 0 spiro atoms. The second kappa shape index (κ2) is 6.89. The first kappa shape index (κ1) is 15.8. The third-order valence-electron chi connectivity index (χ3n) is 3.71. The highest BCUT2D eigenvalue weighted by molar-refractivity contribution is 7.15. The molecule has 0 bridgehead atoms. The van der Waals surface area contributed by atoms with Crippen molar-refractivity contribution in [3.63, 3.8) is 0 Å². The number of likely N-dealkylation sites (tertiary alicyclic amines) is 1. The van der Waals surface area contributed by atoms with Gasteiger partial charge in [0, 0.05) is 24.4 Å². The number of aliphatic carboxylic acids is 1. The number of urea groups is 1. The summed E-state index contributed by atoms with van der Waals surface area (Å²) in [5.41, 5.74) is 1.01. The first-order valence-electron chi connectivity index (χ1n) is 7.23. The Kier molecular flexibility index (Phi) is 5.17. The van der Waals surface area contributed by atoms with Gasteiger partial charge in [-0.3, -0.25) is 10.1 Å². The highest BCUT2D eigenvalue weighted by Crippen LogP contribution is 2.24. The molecule has 1 aromatic rings. The minimum atomic E-state index is -0.801. The lowest BCUT2D eigenvalue weighted by Crippen LogP contribution is -2.42. The monoisotopic (exact) mass is 311 g/mol. The SMILES string of the molecule is CCc1nc(NC(=O)N2CCCC(CC(=O)O)C2)sc1C. The number of aromatic nitrogens is 1. The summed E-state index contributed by atoms with van der Waals surface area (Å²) >= 11 is 1.48. The number of carbonyl (C=O) groups is 2. The van der Waals surface area contributed by atoms with Gasteiger partial charge in [-0.2, -0.15) is 0 Å². The van der Waals surface area contributed by atoms with Crippen LogP contribution in [0.3, 0.4) is 0 Å². The Morgan fingerprint density at radius 2 is 2.29 bits per heavy atom. The molecule has 7 heteroatoms. The zero-order valence-corrected chi connectivity index (χ0v) is 13.2. The predicted molar refractivity (Wildman–Crippen MR) is 81.8 cm³/mol. The average molecular weight is 311 g/mol. The molecule has 2 amide bonds. The molecule has 21 heavy (non-hydrogen) atoms. The summed E-state index contributed by atoms with van der Waals surface area (Å²) in [6.45, 7) is 5.21. The van der Waals surface area contributed by atoms with Crippen molar-refractivity contribution in [2.45, 2.75) is 39.5 Å². The van der Waals surface area contributed by atoms with Crippen molar-refractivity contribution in [2.75, 3.05) is 18.4 Å². The van der Waals surface area contributed by atoms with Crippen molar-refractivity contribution in [3.8, 4) is 0 Å². The maximum Gasteiger partial charge on any atom is 0.323 e. The topological polar surface area (TPSA) is 82.5 Å². The van der Waals surface area contributed by atoms with Crippen LogP contribution in [0.5, 0.6) is 0 Å². The van der Waals surface area contributed by atoms with E-state index in [2.05, 4.69) is 10.3 Å². The number of hydrogen-bond donors (Lipinski definition) is 2. The van der Waals surface area contributed by atoms with E-state index >= 15 is 0 Å². The lowest BCUT2D eigenvalue weighted by molar-refractivity contribution is -0.138. The number of hydrogen-bond acceptors (Lipinski definition) is 4. The molecule has 1 fully saturated rings. The van der Waals surface area contributed by atoms with Gasteiger partial charge >= 0.3 is 12.0 Å². The van der Waals surface area contributed by atoms with E-state index in [9.17, 15) is 9.59 Å². The molecule has 1 saturated heterocycles. The van der Waals surface area contributed by atoms with Crippen LogP contribution in [-0.2, 0) is 11.2 Å². The summed E-state index contributed by atoms with van der Waals surface area (Å²) < 4.78 is 0. The van der Waals surface area contributed by atoms with Crippen LogP contribution in [0.15, 0.2) is 0 Å². The lowest BCUT2D eigenvalue weighted by Gasteiger charge is -2.31. The van der Waals surface area contributed by atoms with E-state index in [1.54, 1.807) is 4.90 Å². The van der Waals surface area contributed by atoms with E-state index in [4.69, 9.17) is 5.11 Å². The van der Waals surface area contributed by atoms with E-state index in [-0.39, 0.29) is 18.4 Å². The largest absolute Gasteiger partial charge is 0.481 e. The Balaban J connectivity index is 1.94. The third-order valence-corrected chi connectivity index (χ3v) is 4.64. The summed E-state index contributed by atoms with van der Waals surface area (Å²) in [4.78, 5) is 30.2. The van der Waals surface area contributed by atoms with Gasteiger partial charge in [-0.15, -0.1) is 11.3 Å². The zero-order chi connectivity index (χ0) is 15.4. The molecule has 0 saturated carbocycles. The van der Waals surface area contributed by atoms with Crippen LogP contribution >= 0.6 is 11.3 Å². The normalized spacial score (nSPS) is 18.6. The Hall–Kier alpha value is -1.63. The van der Waals surface area contributed by atoms with Crippen molar-refractivity contribution in [2.24, 2.45) is 5.92 Å². The molecule has 1 aliphatic heterocycles. The van der Waals surface area contributed by atoms with Gasteiger partial charge < -0.3 is 10.0 Å². The summed E-state index contributed by atoms with van der Waals surface area (Å²) in [5, 5.41) is 12.3. The minimum Gasteiger partial charge on any atom is -0.481 e. The number of amides is 2. The highest BCUT2D eigenvalue weighted by Gasteiger charge is 2.25. The van der Waals surface area contributed by atoms with Crippen molar-refractivity contribution in [3.05, 3.63) is 10.6 Å². The molecule has 2 N–H and O–H groups in total. The second-order valence-electron chi connectivity index (χ2n) is 5.36. The fourth-order valence-corrected chi connectivity index (χ4v) is 3.54. The first-order valence-corrected chi connectivity index (χ1v) is 8.05. The Morgan fingerprint density at radius 3 is 2.90 bits per heavy atom. The number of aryl methyl sites for hydroxylation is 2. The number of piperidine rings is 1. The van der Waals surface area contributed by atoms with Crippen LogP contribution in [0.1, 0.15) is 36.8 Å². The summed E-state index contributed by atoms with van der Waals surface area (Å²) in [6.07, 6.45) is 2.69. The van der Waals surface area contributed by atoms with Crippen LogP contribution < -0.4 is 5.32 Å². The zero-order valence-electron chi connectivity index (χ0n) is 12.4. The number of carbonyl (C=O) groups excluding carboxylic acids is 1. The van der Waals surface area contributed by atoms with Gasteiger partial charge in [-0.05, 0) is 32.1 Å². The quantitative estimate of drug-likeness (QED) is 0.895. The average Bonchev–Trinajstić information content (AvgIpc) is 2.78. The van der Waals surface area contributed by atoms with Gasteiger partial charge in [0.15, 0.2) is 5.13 Å². The molecule has 0 aliphatic carbocycles. The van der Waals surface area contributed by atoms with Gasteiger partial charge in [-0.1, -0.05) is 6.92 Å². The number of carboxylic acid groups (broad SMARTS) is 1. The van der Waals surface area contributed by atoms with E-state index in [1.165, 1.54) is 11.3 Å². The van der Waals surface area contributed by atoms with Gasteiger partial charge in [0.1, 0.15) is 0 Å². The number of nitrogens with one attached hydrogen (secondary N) is 1. The fraction of sp³-hybridized carbons (Fsp3) is 0.643. The minimum absolute atomic E-state index is 0.0474. The van der Waals surface area contributed by atoms with E-state index in [0.29, 0.717) is 18.2 Å². The third kappa shape index (κ3) is 4.17. The summed E-state index contributed by atoms with van der Waals surface area (Å²) in [6, 6.07) is -0.179. The molecule has 0 aromatic carbocycles. The van der Waals surface area contributed by atoms with Crippen molar-refractivity contribution < 1.29 is 14.7 Å². The molecule has 6 nitrogen and oxygen atoms in total. The molecular formula is C14H21N3O3S. The number of nitrogens with zero attached hydrogens (tertiary/aromatic N) is 2. The standard InChI is InChI=1S/C14H21N3O3S/c1-3-11-9(2)21-13(15-11)16-14(20)17-6-4-5-10(8-17)7-12(18)19/h10H,3-8H2,1-2H3,(H,18,19)(H,15,16,20). The van der Waals surface area contributed by atoms with E-state index < -0.39 is 5.97 Å². The van der Waals surface area contributed by atoms with Gasteiger partial charge in [-0.25, -0.2) is 9.78 Å². The van der Waals surface area contributed by atoms with Crippen LogP contribution in [0.4, 0.5) is 9.93 Å². The Bertz CT molecular complexity index is 530. The van der Waals surface area contributed by atoms with Gasteiger partial charge in [0.2, 0.25) is 0 Å². The molecule has 1 atom stereocenters. The Labute approximate surface area is 128 Å². The highest BCUT2D eigenvalue weighted by atomic mass is 32.1. The van der Waals surface area contributed by atoms with Crippen molar-refractivity contribution in [1.29, 1.82) is 0 Å². The van der Waals surface area contributed by atoms with Crippen LogP contribution in [0.2, 0.25) is 0 Å². The molecule has 1 aromatic heterocycles. The number of rotatable bonds is 4. The van der Waals surface area contributed by atoms with E-state index in [0.717, 1.165) is 29.8 Å². The summed E-state index contributed by atoms with van der Waals surface area (Å²) in [5.74, 6) is -0.753. The molecule has 2 rings (SSSR count).